The number of para-hydroxylation sites is 3. The first-order chi connectivity index (χ1) is 27.0. The maximum absolute atomic E-state index is 14.9. The van der Waals surface area contributed by atoms with Crippen LogP contribution in [0.4, 0.5) is 21.5 Å². The SMILES string of the molecule is CC1(C)c2ccccc2-c2c(N(c3ccc4c5ccccc5n(-c5ccccc5)c4c3)c3ccc4c5ccccc5n(-c5cccc(F)c5)c4c3)cccc21. The number of rotatable bonds is 5. The van der Waals surface area contributed by atoms with Gasteiger partial charge in [-0.1, -0.05) is 123 Å². The van der Waals surface area contributed by atoms with Gasteiger partial charge in [-0.25, -0.2) is 4.39 Å². The molecule has 3 nitrogen and oxygen atoms in total. The standard InChI is InChI=1S/C51H36FN3/c1-51(2)43-21-9-6-20-42(43)50-44(51)22-13-25-47(50)53(36-26-28-40-38-18-7-10-23-45(38)54(48(40)31-36)34-15-4-3-5-16-34)37-27-29-41-39-19-8-11-24-46(39)55(49(41)32-37)35-17-12-14-33(52)30-35/h3-32H,1-2H3. The molecule has 0 saturated heterocycles. The van der Waals surface area contributed by atoms with Crippen molar-refractivity contribution in [2.75, 3.05) is 4.90 Å². The van der Waals surface area contributed by atoms with Gasteiger partial charge in [0.1, 0.15) is 5.82 Å². The van der Waals surface area contributed by atoms with Crippen molar-refractivity contribution in [2.45, 2.75) is 19.3 Å². The van der Waals surface area contributed by atoms with Crippen molar-refractivity contribution in [1.82, 2.24) is 9.13 Å². The largest absolute Gasteiger partial charge is 0.310 e. The van der Waals surface area contributed by atoms with E-state index >= 15 is 0 Å². The fourth-order valence-corrected chi connectivity index (χ4v) is 9.29. The number of nitrogens with zero attached hydrogens (tertiary/aromatic N) is 3. The van der Waals surface area contributed by atoms with Crippen LogP contribution in [-0.2, 0) is 5.41 Å². The Labute approximate surface area is 318 Å². The van der Waals surface area contributed by atoms with E-state index < -0.39 is 0 Å². The first-order valence-electron chi connectivity index (χ1n) is 18.9. The van der Waals surface area contributed by atoms with E-state index in [9.17, 15) is 4.39 Å². The predicted molar refractivity (Wildman–Crippen MR) is 227 cm³/mol. The van der Waals surface area contributed by atoms with Gasteiger partial charge >= 0.3 is 0 Å². The number of aromatic nitrogens is 2. The van der Waals surface area contributed by atoms with Gasteiger partial charge in [-0.05, 0) is 89.5 Å². The molecule has 1 aliphatic carbocycles. The zero-order valence-electron chi connectivity index (χ0n) is 30.5. The topological polar surface area (TPSA) is 13.1 Å². The van der Waals surface area contributed by atoms with Crippen molar-refractivity contribution in [1.29, 1.82) is 0 Å². The highest BCUT2D eigenvalue weighted by atomic mass is 19.1. The maximum Gasteiger partial charge on any atom is 0.125 e. The fraction of sp³-hybridized carbons (Fsp3) is 0.0588. The molecule has 0 radical (unpaired) electrons. The van der Waals surface area contributed by atoms with E-state index in [-0.39, 0.29) is 11.2 Å². The van der Waals surface area contributed by atoms with Crippen molar-refractivity contribution >= 4 is 60.7 Å². The summed E-state index contributed by atoms with van der Waals surface area (Å²) in [5.41, 5.74) is 14.5. The molecule has 0 bridgehead atoms. The van der Waals surface area contributed by atoms with Crippen molar-refractivity contribution in [2.24, 2.45) is 0 Å². The second-order valence-corrected chi connectivity index (χ2v) is 15.1. The summed E-state index contributed by atoms with van der Waals surface area (Å²) >= 11 is 0. The van der Waals surface area contributed by atoms with Gasteiger partial charge in [0.2, 0.25) is 0 Å². The van der Waals surface area contributed by atoms with Gasteiger partial charge in [-0.3, -0.25) is 0 Å². The molecule has 8 aromatic carbocycles. The predicted octanol–water partition coefficient (Wildman–Crippen LogP) is 13.8. The van der Waals surface area contributed by atoms with Crippen LogP contribution in [0.15, 0.2) is 182 Å². The minimum Gasteiger partial charge on any atom is -0.310 e. The molecule has 55 heavy (non-hydrogen) atoms. The Balaban J connectivity index is 1.24. The number of fused-ring (bicyclic) bond motifs is 9. The van der Waals surface area contributed by atoms with Crippen molar-refractivity contribution < 1.29 is 4.39 Å². The summed E-state index contributed by atoms with van der Waals surface area (Å²) in [6, 6.07) is 63.9. The molecule has 4 heteroatoms. The Morgan fingerprint density at radius 1 is 0.436 bits per heavy atom. The Bertz CT molecular complexity index is 3150. The number of anilines is 3. The van der Waals surface area contributed by atoms with E-state index in [4.69, 9.17) is 0 Å². The Kier molecular flexibility index (Phi) is 6.78. The molecule has 0 aliphatic heterocycles. The van der Waals surface area contributed by atoms with Crippen LogP contribution in [0.1, 0.15) is 25.0 Å². The van der Waals surface area contributed by atoms with Crippen LogP contribution >= 0.6 is 0 Å². The normalized spacial score (nSPS) is 13.1. The van der Waals surface area contributed by atoms with Gasteiger partial charge in [0.05, 0.1) is 27.8 Å². The van der Waals surface area contributed by atoms with Gasteiger partial charge < -0.3 is 14.0 Å². The van der Waals surface area contributed by atoms with Crippen LogP contribution < -0.4 is 4.90 Å². The fourth-order valence-electron chi connectivity index (χ4n) is 9.29. The Hall–Kier alpha value is -6.91. The Morgan fingerprint density at radius 3 is 1.64 bits per heavy atom. The van der Waals surface area contributed by atoms with E-state index in [2.05, 4.69) is 186 Å². The molecule has 0 N–H and O–H groups in total. The summed E-state index contributed by atoms with van der Waals surface area (Å²) in [5, 5.41) is 4.67. The lowest BCUT2D eigenvalue weighted by Gasteiger charge is -2.29. The minimum atomic E-state index is -0.260. The first kappa shape index (κ1) is 31.6. The highest BCUT2D eigenvalue weighted by molar-refractivity contribution is 6.12. The summed E-state index contributed by atoms with van der Waals surface area (Å²) in [5.74, 6) is -0.260. The minimum absolute atomic E-state index is 0.162. The molecule has 0 unspecified atom stereocenters. The summed E-state index contributed by atoms with van der Waals surface area (Å²) in [6.45, 7) is 4.67. The lowest BCUT2D eigenvalue weighted by atomic mass is 9.82. The number of hydrogen-bond acceptors (Lipinski definition) is 1. The molecule has 0 atom stereocenters. The third-order valence-electron chi connectivity index (χ3n) is 11.7. The highest BCUT2D eigenvalue weighted by Gasteiger charge is 2.38. The molecule has 2 aromatic heterocycles. The summed E-state index contributed by atoms with van der Waals surface area (Å²) < 4.78 is 19.4. The molecule has 2 heterocycles. The van der Waals surface area contributed by atoms with Gasteiger partial charge in [0.25, 0.3) is 0 Å². The molecular weight excluding hydrogens is 674 g/mol. The lowest BCUT2D eigenvalue weighted by Crippen LogP contribution is -2.16. The number of halogens is 1. The highest BCUT2D eigenvalue weighted by Crippen LogP contribution is 2.54. The second kappa shape index (κ2) is 11.8. The molecule has 0 saturated carbocycles. The summed E-state index contributed by atoms with van der Waals surface area (Å²) in [6.07, 6.45) is 0. The number of hydrogen-bond donors (Lipinski definition) is 0. The molecule has 0 fully saturated rings. The van der Waals surface area contributed by atoms with Crippen LogP contribution in [0.25, 0.3) is 66.1 Å². The molecular formula is C51H36FN3. The zero-order chi connectivity index (χ0) is 36.8. The Morgan fingerprint density at radius 2 is 0.964 bits per heavy atom. The quantitative estimate of drug-likeness (QED) is 0.173. The molecule has 0 spiro atoms. The average molecular weight is 710 g/mol. The lowest BCUT2D eigenvalue weighted by molar-refractivity contribution is 0.627. The third-order valence-corrected chi connectivity index (χ3v) is 11.7. The van der Waals surface area contributed by atoms with Crippen molar-refractivity contribution in [3.8, 4) is 22.5 Å². The van der Waals surface area contributed by atoms with Gasteiger partial charge in [-0.2, -0.15) is 0 Å². The van der Waals surface area contributed by atoms with Crippen LogP contribution in [-0.4, -0.2) is 9.13 Å². The molecule has 262 valence electrons. The monoisotopic (exact) mass is 709 g/mol. The van der Waals surface area contributed by atoms with Crippen LogP contribution in [0.5, 0.6) is 0 Å². The number of benzene rings is 8. The zero-order valence-corrected chi connectivity index (χ0v) is 30.5. The van der Waals surface area contributed by atoms with E-state index in [0.29, 0.717) is 0 Å². The van der Waals surface area contributed by atoms with Crippen molar-refractivity contribution in [3.05, 3.63) is 199 Å². The molecule has 1 aliphatic rings. The van der Waals surface area contributed by atoms with Crippen molar-refractivity contribution in [3.63, 3.8) is 0 Å². The summed E-state index contributed by atoms with van der Waals surface area (Å²) in [4.78, 5) is 2.43. The summed E-state index contributed by atoms with van der Waals surface area (Å²) in [7, 11) is 0. The molecule has 11 rings (SSSR count). The van der Waals surface area contributed by atoms with E-state index in [1.165, 1.54) is 44.6 Å². The van der Waals surface area contributed by atoms with Gasteiger partial charge in [0.15, 0.2) is 0 Å². The van der Waals surface area contributed by atoms with Crippen LogP contribution in [0.2, 0.25) is 0 Å². The van der Waals surface area contributed by atoms with Gasteiger partial charge in [0, 0.05) is 55.3 Å². The second-order valence-electron chi connectivity index (χ2n) is 15.1. The van der Waals surface area contributed by atoms with Gasteiger partial charge in [-0.15, -0.1) is 0 Å². The first-order valence-corrected chi connectivity index (χ1v) is 18.9. The van der Waals surface area contributed by atoms with E-state index in [1.807, 2.05) is 6.07 Å². The average Bonchev–Trinajstić information content (AvgIpc) is 3.81. The smallest absolute Gasteiger partial charge is 0.125 e. The van der Waals surface area contributed by atoms with E-state index in [1.54, 1.807) is 12.1 Å². The molecule has 0 amide bonds. The third kappa shape index (κ3) is 4.61. The van der Waals surface area contributed by atoms with E-state index in [0.717, 1.165) is 55.8 Å². The van der Waals surface area contributed by atoms with Crippen LogP contribution in [0, 0.1) is 5.82 Å². The van der Waals surface area contributed by atoms with Crippen LogP contribution in [0.3, 0.4) is 0 Å². The maximum atomic E-state index is 14.9. The molecule has 10 aromatic rings.